The lowest BCUT2D eigenvalue weighted by Crippen LogP contribution is -2.13. The molecule has 2 aromatic rings. The van der Waals surface area contributed by atoms with Crippen LogP contribution in [0.15, 0.2) is 47.5 Å². The van der Waals surface area contributed by atoms with Crippen LogP contribution < -0.4 is 11.1 Å². The van der Waals surface area contributed by atoms with Crippen molar-refractivity contribution in [2.24, 2.45) is 5.73 Å². The van der Waals surface area contributed by atoms with E-state index in [-0.39, 0.29) is 5.91 Å². The molecule has 3 rings (SSSR count). The van der Waals surface area contributed by atoms with Crippen LogP contribution in [0.25, 0.3) is 0 Å². The molecular weight excluding hydrogens is 306 g/mol. The molecule has 0 unspecified atom stereocenters. The van der Waals surface area contributed by atoms with Crippen LogP contribution >= 0.6 is 11.8 Å². The van der Waals surface area contributed by atoms with E-state index in [4.69, 9.17) is 5.73 Å². The number of carbonyl (C=O) groups is 1. The Hall–Kier alpha value is -1.85. The number of nitrogens with two attached hydrogens (primary N) is 1. The molecule has 120 valence electrons. The van der Waals surface area contributed by atoms with Crippen molar-refractivity contribution in [2.45, 2.75) is 42.4 Å². The van der Waals surface area contributed by atoms with Crippen molar-refractivity contribution in [3.05, 3.63) is 53.9 Å². The van der Waals surface area contributed by atoms with Gasteiger partial charge in [-0.15, -0.1) is 11.8 Å². The first-order chi connectivity index (χ1) is 11.2. The number of nitrogens with zero attached hydrogens (tertiary/aromatic N) is 1. The van der Waals surface area contributed by atoms with E-state index in [1.165, 1.54) is 30.6 Å². The van der Waals surface area contributed by atoms with Gasteiger partial charge in [0, 0.05) is 34.1 Å². The molecule has 5 heteroatoms. The number of carbonyl (C=O) groups excluding carboxylic acids is 1. The Bertz CT molecular complexity index is 666. The van der Waals surface area contributed by atoms with Gasteiger partial charge in [0.25, 0.3) is 5.91 Å². The summed E-state index contributed by atoms with van der Waals surface area (Å²) < 4.78 is 0. The van der Waals surface area contributed by atoms with Crippen LogP contribution in [-0.4, -0.2) is 16.1 Å². The first kappa shape index (κ1) is 16.0. The number of anilines is 1. The highest BCUT2D eigenvalue weighted by Gasteiger charge is 2.16. The van der Waals surface area contributed by atoms with Gasteiger partial charge in [-0.3, -0.25) is 9.78 Å². The Balaban J connectivity index is 1.61. The van der Waals surface area contributed by atoms with Gasteiger partial charge in [-0.1, -0.05) is 12.8 Å². The monoisotopic (exact) mass is 327 g/mol. The number of hydrogen-bond acceptors (Lipinski definition) is 4. The minimum atomic E-state index is -0.140. The molecule has 23 heavy (non-hydrogen) atoms. The van der Waals surface area contributed by atoms with Gasteiger partial charge in [-0.2, -0.15) is 0 Å². The molecule has 1 aromatic heterocycles. The zero-order chi connectivity index (χ0) is 16.1. The lowest BCUT2D eigenvalue weighted by molar-refractivity contribution is 0.102. The zero-order valence-electron chi connectivity index (χ0n) is 13.0. The molecule has 1 amide bonds. The van der Waals surface area contributed by atoms with Crippen LogP contribution in [0.4, 0.5) is 5.69 Å². The van der Waals surface area contributed by atoms with Gasteiger partial charge in [-0.25, -0.2) is 0 Å². The minimum Gasteiger partial charge on any atom is -0.325 e. The number of nitrogens with one attached hydrogen (secondary N) is 1. The van der Waals surface area contributed by atoms with Crippen molar-refractivity contribution in [3.63, 3.8) is 0 Å². The van der Waals surface area contributed by atoms with Crippen LogP contribution in [-0.2, 0) is 6.54 Å². The fourth-order valence-corrected chi connectivity index (χ4v) is 4.00. The van der Waals surface area contributed by atoms with E-state index < -0.39 is 0 Å². The number of benzene rings is 1. The fraction of sp³-hybridized carbons (Fsp3) is 0.333. The summed E-state index contributed by atoms with van der Waals surface area (Å²) in [5, 5.41) is 3.67. The summed E-state index contributed by atoms with van der Waals surface area (Å²) in [5.41, 5.74) is 7.64. The van der Waals surface area contributed by atoms with E-state index in [1.54, 1.807) is 18.3 Å². The molecular formula is C18H21N3OS. The van der Waals surface area contributed by atoms with Crippen molar-refractivity contribution in [1.82, 2.24) is 4.98 Å². The van der Waals surface area contributed by atoms with Gasteiger partial charge in [0.1, 0.15) is 0 Å². The maximum absolute atomic E-state index is 12.3. The molecule has 1 aliphatic carbocycles. The van der Waals surface area contributed by atoms with Gasteiger partial charge in [0.05, 0.1) is 5.69 Å². The molecule has 0 spiro atoms. The summed E-state index contributed by atoms with van der Waals surface area (Å²) in [7, 11) is 0. The number of aromatic nitrogens is 1. The van der Waals surface area contributed by atoms with Crippen LogP contribution in [0.2, 0.25) is 0 Å². The molecule has 3 N–H and O–H groups in total. The molecule has 0 radical (unpaired) electrons. The highest BCUT2D eigenvalue weighted by atomic mass is 32.2. The summed E-state index contributed by atoms with van der Waals surface area (Å²) in [6.45, 7) is 0.328. The van der Waals surface area contributed by atoms with Crippen LogP contribution in [0.1, 0.15) is 41.7 Å². The number of pyridine rings is 1. The Kier molecular flexibility index (Phi) is 5.31. The van der Waals surface area contributed by atoms with Crippen molar-refractivity contribution < 1.29 is 4.79 Å². The normalized spacial score (nSPS) is 14.8. The number of thioether (sulfide) groups is 1. The fourth-order valence-electron chi connectivity index (χ4n) is 2.75. The SMILES string of the molecule is NCc1cc(C(=O)Nc2ccc(SC3CCCC3)cc2)ccn1. The third kappa shape index (κ3) is 4.33. The first-order valence-corrected chi connectivity index (χ1v) is 8.85. The molecule has 0 aliphatic heterocycles. The second kappa shape index (κ2) is 7.62. The highest BCUT2D eigenvalue weighted by Crippen LogP contribution is 2.34. The maximum atomic E-state index is 12.3. The average Bonchev–Trinajstić information content (AvgIpc) is 3.09. The molecule has 0 bridgehead atoms. The Morgan fingerprint density at radius 2 is 1.96 bits per heavy atom. The predicted octanol–water partition coefficient (Wildman–Crippen LogP) is 3.83. The van der Waals surface area contributed by atoms with Crippen molar-refractivity contribution in [3.8, 4) is 0 Å². The molecule has 4 nitrogen and oxygen atoms in total. The van der Waals surface area contributed by atoms with Gasteiger partial charge in [-0.05, 0) is 49.2 Å². The molecule has 0 saturated heterocycles. The minimum absolute atomic E-state index is 0.140. The largest absolute Gasteiger partial charge is 0.325 e. The highest BCUT2D eigenvalue weighted by molar-refractivity contribution is 8.00. The van der Waals surface area contributed by atoms with E-state index in [9.17, 15) is 4.79 Å². The van der Waals surface area contributed by atoms with E-state index >= 15 is 0 Å². The Morgan fingerprint density at radius 3 is 2.65 bits per heavy atom. The number of amides is 1. The second-order valence-corrected chi connectivity index (χ2v) is 7.12. The van der Waals surface area contributed by atoms with E-state index in [0.717, 1.165) is 10.9 Å². The third-order valence-electron chi connectivity index (χ3n) is 4.01. The smallest absolute Gasteiger partial charge is 0.255 e. The summed E-state index contributed by atoms with van der Waals surface area (Å²) in [5.74, 6) is -0.140. The van der Waals surface area contributed by atoms with Crippen LogP contribution in [0, 0.1) is 0 Å². The third-order valence-corrected chi connectivity index (χ3v) is 5.35. The second-order valence-electron chi connectivity index (χ2n) is 5.74. The zero-order valence-corrected chi connectivity index (χ0v) is 13.8. The first-order valence-electron chi connectivity index (χ1n) is 7.97. The van der Waals surface area contributed by atoms with Gasteiger partial charge >= 0.3 is 0 Å². The standard InChI is InChI=1S/C18H21N3OS/c19-12-15-11-13(9-10-20-15)18(22)21-14-5-7-17(8-6-14)23-16-3-1-2-4-16/h5-11,16H,1-4,12,19H2,(H,21,22). The van der Waals surface area contributed by atoms with Crippen LogP contribution in [0.3, 0.4) is 0 Å². The molecule has 1 aromatic carbocycles. The summed E-state index contributed by atoms with van der Waals surface area (Å²) >= 11 is 1.95. The van der Waals surface area contributed by atoms with E-state index in [2.05, 4.69) is 22.4 Å². The lowest BCUT2D eigenvalue weighted by atomic mass is 10.2. The van der Waals surface area contributed by atoms with Gasteiger partial charge < -0.3 is 11.1 Å². The van der Waals surface area contributed by atoms with E-state index in [0.29, 0.717) is 17.8 Å². The number of rotatable bonds is 5. The average molecular weight is 327 g/mol. The van der Waals surface area contributed by atoms with Crippen molar-refractivity contribution in [2.75, 3.05) is 5.32 Å². The summed E-state index contributed by atoms with van der Waals surface area (Å²) in [4.78, 5) is 17.6. The molecule has 1 fully saturated rings. The predicted molar refractivity (Wildman–Crippen MR) is 94.6 cm³/mol. The van der Waals surface area contributed by atoms with Crippen molar-refractivity contribution >= 4 is 23.4 Å². The topological polar surface area (TPSA) is 68.0 Å². The number of hydrogen-bond donors (Lipinski definition) is 2. The quantitative estimate of drug-likeness (QED) is 0.876. The van der Waals surface area contributed by atoms with Crippen molar-refractivity contribution in [1.29, 1.82) is 0 Å². The summed E-state index contributed by atoms with van der Waals surface area (Å²) in [6.07, 6.45) is 6.94. The maximum Gasteiger partial charge on any atom is 0.255 e. The molecule has 1 heterocycles. The molecule has 0 atom stereocenters. The van der Waals surface area contributed by atoms with E-state index in [1.807, 2.05) is 23.9 Å². The Labute approximate surface area is 140 Å². The Morgan fingerprint density at radius 1 is 1.22 bits per heavy atom. The van der Waals surface area contributed by atoms with Gasteiger partial charge in [0.2, 0.25) is 0 Å². The lowest BCUT2D eigenvalue weighted by Gasteiger charge is -2.10. The molecule has 1 saturated carbocycles. The van der Waals surface area contributed by atoms with Gasteiger partial charge in [0.15, 0.2) is 0 Å². The molecule has 1 aliphatic rings. The summed E-state index contributed by atoms with van der Waals surface area (Å²) in [6, 6.07) is 11.5. The van der Waals surface area contributed by atoms with Crippen LogP contribution in [0.5, 0.6) is 0 Å².